The minimum atomic E-state index is -0.832. The predicted molar refractivity (Wildman–Crippen MR) is 74.7 cm³/mol. The number of aryl methyl sites for hydroxylation is 2. The third-order valence-electron chi connectivity index (χ3n) is 3.44. The van der Waals surface area contributed by atoms with E-state index in [-0.39, 0.29) is 11.9 Å². The standard InChI is InChI=1S/C14H25N3O2/c1-6-8-14(5,15)13(18)16-11(7-2)12-9(3)17-19-10(12)4/h11H,6-8,15H2,1-5H3,(H,16,18). The normalized spacial score (nSPS) is 15.9. The number of hydrogen-bond acceptors (Lipinski definition) is 4. The zero-order chi connectivity index (χ0) is 14.6. The minimum Gasteiger partial charge on any atom is -0.361 e. The SMILES string of the molecule is CCCC(C)(N)C(=O)NC(CC)c1c(C)noc1C. The fraction of sp³-hybridized carbons (Fsp3) is 0.714. The van der Waals surface area contributed by atoms with Crippen LogP contribution in [0.1, 0.15) is 63.1 Å². The Morgan fingerprint density at radius 3 is 2.53 bits per heavy atom. The Kier molecular flexibility index (Phi) is 5.11. The van der Waals surface area contributed by atoms with Gasteiger partial charge in [0.1, 0.15) is 5.76 Å². The van der Waals surface area contributed by atoms with Crippen molar-refractivity contribution in [2.45, 2.75) is 65.5 Å². The van der Waals surface area contributed by atoms with E-state index in [1.807, 2.05) is 27.7 Å². The van der Waals surface area contributed by atoms with Crippen molar-refractivity contribution in [3.05, 3.63) is 17.0 Å². The van der Waals surface area contributed by atoms with Gasteiger partial charge in [-0.3, -0.25) is 4.79 Å². The molecule has 19 heavy (non-hydrogen) atoms. The van der Waals surface area contributed by atoms with Crippen LogP contribution >= 0.6 is 0 Å². The van der Waals surface area contributed by atoms with Crippen molar-refractivity contribution >= 4 is 5.91 Å². The molecule has 2 unspecified atom stereocenters. The summed E-state index contributed by atoms with van der Waals surface area (Å²) in [5, 5.41) is 6.95. The molecule has 1 amide bonds. The second kappa shape index (κ2) is 6.19. The molecule has 0 fully saturated rings. The molecule has 0 saturated carbocycles. The summed E-state index contributed by atoms with van der Waals surface area (Å²) in [5.41, 5.74) is 7.00. The number of carbonyl (C=O) groups is 1. The molecule has 5 heteroatoms. The van der Waals surface area contributed by atoms with Crippen LogP contribution < -0.4 is 11.1 Å². The van der Waals surface area contributed by atoms with Crippen LogP contribution in [0.2, 0.25) is 0 Å². The number of nitrogens with two attached hydrogens (primary N) is 1. The lowest BCUT2D eigenvalue weighted by Gasteiger charge is -2.26. The van der Waals surface area contributed by atoms with E-state index in [9.17, 15) is 4.79 Å². The minimum absolute atomic E-state index is 0.0986. The van der Waals surface area contributed by atoms with E-state index in [2.05, 4.69) is 10.5 Å². The third kappa shape index (κ3) is 3.56. The predicted octanol–water partition coefficient (Wildman–Crippen LogP) is 2.38. The number of amides is 1. The highest BCUT2D eigenvalue weighted by Crippen LogP contribution is 2.24. The maximum Gasteiger partial charge on any atom is 0.240 e. The van der Waals surface area contributed by atoms with Crippen LogP contribution in [0.15, 0.2) is 4.52 Å². The van der Waals surface area contributed by atoms with E-state index in [0.29, 0.717) is 6.42 Å². The summed E-state index contributed by atoms with van der Waals surface area (Å²) in [6.07, 6.45) is 2.32. The molecule has 0 aliphatic carbocycles. The van der Waals surface area contributed by atoms with Gasteiger partial charge < -0.3 is 15.6 Å². The highest BCUT2D eigenvalue weighted by Gasteiger charge is 2.30. The van der Waals surface area contributed by atoms with Crippen molar-refractivity contribution in [2.24, 2.45) is 5.73 Å². The van der Waals surface area contributed by atoms with Gasteiger partial charge in [0.05, 0.1) is 17.3 Å². The molecule has 0 bridgehead atoms. The van der Waals surface area contributed by atoms with Crippen LogP contribution in [0.3, 0.4) is 0 Å². The van der Waals surface area contributed by atoms with Crippen LogP contribution in [-0.2, 0) is 4.79 Å². The van der Waals surface area contributed by atoms with E-state index in [1.165, 1.54) is 0 Å². The molecule has 1 rings (SSSR count). The maximum atomic E-state index is 12.3. The zero-order valence-electron chi connectivity index (χ0n) is 12.5. The number of nitrogens with zero attached hydrogens (tertiary/aromatic N) is 1. The topological polar surface area (TPSA) is 81.2 Å². The first-order valence-electron chi connectivity index (χ1n) is 6.86. The van der Waals surface area contributed by atoms with Crippen LogP contribution in [0.4, 0.5) is 0 Å². The van der Waals surface area contributed by atoms with Gasteiger partial charge in [-0.2, -0.15) is 0 Å². The molecule has 0 aromatic carbocycles. The Morgan fingerprint density at radius 2 is 2.11 bits per heavy atom. The molecule has 1 heterocycles. The number of nitrogens with one attached hydrogen (secondary N) is 1. The lowest BCUT2D eigenvalue weighted by atomic mass is 9.94. The molecule has 0 spiro atoms. The van der Waals surface area contributed by atoms with Crippen LogP contribution in [0.25, 0.3) is 0 Å². The fourth-order valence-corrected chi connectivity index (χ4v) is 2.32. The Hall–Kier alpha value is -1.36. The van der Waals surface area contributed by atoms with Crippen LogP contribution in [-0.4, -0.2) is 16.6 Å². The second-order valence-corrected chi connectivity index (χ2v) is 5.34. The van der Waals surface area contributed by atoms with Crippen molar-refractivity contribution < 1.29 is 9.32 Å². The molecule has 1 aromatic heterocycles. The van der Waals surface area contributed by atoms with Crippen molar-refractivity contribution in [2.75, 3.05) is 0 Å². The van der Waals surface area contributed by atoms with Crippen molar-refractivity contribution in [1.29, 1.82) is 0 Å². The molecule has 0 aliphatic rings. The Bertz CT molecular complexity index is 418. The second-order valence-electron chi connectivity index (χ2n) is 5.34. The summed E-state index contributed by atoms with van der Waals surface area (Å²) in [6, 6.07) is -0.0986. The van der Waals surface area contributed by atoms with Gasteiger partial charge in [0, 0.05) is 5.56 Å². The number of aromatic nitrogens is 1. The zero-order valence-corrected chi connectivity index (χ0v) is 12.5. The van der Waals surface area contributed by atoms with Gasteiger partial charge in [-0.25, -0.2) is 0 Å². The first kappa shape index (κ1) is 15.7. The van der Waals surface area contributed by atoms with Gasteiger partial charge in [-0.15, -0.1) is 0 Å². The Morgan fingerprint density at radius 1 is 1.47 bits per heavy atom. The molecule has 3 N–H and O–H groups in total. The number of hydrogen-bond donors (Lipinski definition) is 2. The fourth-order valence-electron chi connectivity index (χ4n) is 2.32. The molecule has 1 aromatic rings. The molecule has 108 valence electrons. The van der Waals surface area contributed by atoms with Gasteiger partial charge in [-0.05, 0) is 33.6 Å². The highest BCUT2D eigenvalue weighted by molar-refractivity contribution is 5.85. The lowest BCUT2D eigenvalue weighted by Crippen LogP contribution is -2.52. The average molecular weight is 267 g/mol. The molecule has 0 saturated heterocycles. The number of rotatable bonds is 6. The summed E-state index contributed by atoms with van der Waals surface area (Å²) < 4.78 is 5.16. The first-order valence-corrected chi connectivity index (χ1v) is 6.86. The number of carbonyl (C=O) groups excluding carboxylic acids is 1. The highest BCUT2D eigenvalue weighted by atomic mass is 16.5. The van der Waals surface area contributed by atoms with E-state index in [1.54, 1.807) is 6.92 Å². The molecule has 0 aliphatic heterocycles. The monoisotopic (exact) mass is 267 g/mol. The molecule has 5 nitrogen and oxygen atoms in total. The third-order valence-corrected chi connectivity index (χ3v) is 3.44. The Balaban J connectivity index is 2.87. The molecular formula is C14H25N3O2. The van der Waals surface area contributed by atoms with Crippen molar-refractivity contribution in [3.8, 4) is 0 Å². The average Bonchev–Trinajstić information content (AvgIpc) is 2.66. The smallest absolute Gasteiger partial charge is 0.240 e. The molecule has 2 atom stereocenters. The van der Waals surface area contributed by atoms with E-state index >= 15 is 0 Å². The molecular weight excluding hydrogens is 242 g/mol. The largest absolute Gasteiger partial charge is 0.361 e. The molecule has 0 radical (unpaired) electrons. The van der Waals surface area contributed by atoms with Gasteiger partial charge in [0.2, 0.25) is 5.91 Å². The summed E-state index contributed by atoms with van der Waals surface area (Å²) in [7, 11) is 0. The van der Waals surface area contributed by atoms with Crippen LogP contribution in [0.5, 0.6) is 0 Å². The summed E-state index contributed by atoms with van der Waals surface area (Å²) >= 11 is 0. The van der Waals surface area contributed by atoms with Crippen molar-refractivity contribution in [1.82, 2.24) is 10.5 Å². The maximum absolute atomic E-state index is 12.3. The van der Waals surface area contributed by atoms with Crippen LogP contribution in [0, 0.1) is 13.8 Å². The summed E-state index contributed by atoms with van der Waals surface area (Å²) in [6.45, 7) is 9.55. The van der Waals surface area contributed by atoms with E-state index < -0.39 is 5.54 Å². The Labute approximate surface area is 114 Å². The summed E-state index contributed by atoms with van der Waals surface area (Å²) in [4.78, 5) is 12.3. The van der Waals surface area contributed by atoms with Gasteiger partial charge >= 0.3 is 0 Å². The summed E-state index contributed by atoms with van der Waals surface area (Å²) in [5.74, 6) is 0.625. The van der Waals surface area contributed by atoms with Gasteiger partial charge in [-0.1, -0.05) is 25.4 Å². The van der Waals surface area contributed by atoms with Gasteiger partial charge in [0.15, 0.2) is 0 Å². The van der Waals surface area contributed by atoms with Gasteiger partial charge in [0.25, 0.3) is 0 Å². The first-order chi connectivity index (χ1) is 8.83. The van der Waals surface area contributed by atoms with E-state index in [0.717, 1.165) is 29.9 Å². The van der Waals surface area contributed by atoms with E-state index in [4.69, 9.17) is 10.3 Å². The quantitative estimate of drug-likeness (QED) is 0.829. The lowest BCUT2D eigenvalue weighted by molar-refractivity contribution is -0.126. The van der Waals surface area contributed by atoms with Crippen molar-refractivity contribution in [3.63, 3.8) is 0 Å².